The Morgan fingerprint density at radius 2 is 2.00 bits per heavy atom. The van der Waals surface area contributed by atoms with Crippen LogP contribution >= 0.6 is 0 Å². The molecule has 2 N–H and O–H groups in total. The zero-order valence-corrected chi connectivity index (χ0v) is 14.1. The normalized spacial score (nSPS) is 29.7. The van der Waals surface area contributed by atoms with Crippen molar-refractivity contribution in [3.63, 3.8) is 0 Å². The highest BCUT2D eigenvalue weighted by Gasteiger charge is 2.60. The third-order valence-corrected chi connectivity index (χ3v) is 5.61. The van der Waals surface area contributed by atoms with Crippen molar-refractivity contribution >= 4 is 5.91 Å². The number of benzene rings is 1. The van der Waals surface area contributed by atoms with Crippen LogP contribution in [0, 0.1) is 35.3 Å². The fraction of sp³-hybridized carbons (Fsp3) is 0.556. The number of carbonyl (C=O) groups is 1. The van der Waals surface area contributed by atoms with Crippen LogP contribution in [0.2, 0.25) is 0 Å². The number of nitrogens with two attached hydrogens (primary N) is 1. The topological polar surface area (TPSA) is 70.1 Å². The molecule has 2 aliphatic heterocycles. The maximum absolute atomic E-state index is 13.9. The molecule has 0 aromatic heterocycles. The number of hydrogen-bond donors (Lipinski definition) is 1. The van der Waals surface area contributed by atoms with Crippen LogP contribution in [0.4, 0.5) is 8.78 Å². The summed E-state index contributed by atoms with van der Waals surface area (Å²) < 4.78 is 27.4. The molecule has 2 saturated heterocycles. The van der Waals surface area contributed by atoms with Crippen molar-refractivity contribution in [1.29, 1.82) is 5.26 Å². The third kappa shape index (κ3) is 2.15. The molecule has 1 amide bonds. The van der Waals surface area contributed by atoms with E-state index in [2.05, 4.69) is 6.07 Å². The van der Waals surface area contributed by atoms with Crippen molar-refractivity contribution in [3.8, 4) is 6.07 Å². The minimum atomic E-state index is -0.930. The largest absolute Gasteiger partial charge is 0.327 e. The minimum absolute atomic E-state index is 0.218. The van der Waals surface area contributed by atoms with Gasteiger partial charge in [-0.2, -0.15) is 5.26 Å². The van der Waals surface area contributed by atoms with E-state index < -0.39 is 28.6 Å². The summed E-state index contributed by atoms with van der Waals surface area (Å²) in [6, 6.07) is 3.63. The van der Waals surface area contributed by atoms with E-state index in [-0.39, 0.29) is 11.9 Å². The molecular weight excluding hydrogens is 312 g/mol. The summed E-state index contributed by atoms with van der Waals surface area (Å²) in [5.74, 6) is -2.05. The van der Waals surface area contributed by atoms with Gasteiger partial charge in [0, 0.05) is 0 Å². The first-order valence-corrected chi connectivity index (χ1v) is 8.10. The highest BCUT2D eigenvalue weighted by atomic mass is 19.2. The molecule has 2 aliphatic rings. The van der Waals surface area contributed by atoms with Crippen LogP contribution < -0.4 is 5.73 Å². The smallest absolute Gasteiger partial charge is 0.240 e. The van der Waals surface area contributed by atoms with Crippen molar-refractivity contribution in [2.24, 2.45) is 11.1 Å². The van der Waals surface area contributed by atoms with Gasteiger partial charge in [-0.05, 0) is 63.3 Å². The van der Waals surface area contributed by atoms with E-state index in [9.17, 15) is 18.8 Å². The summed E-state index contributed by atoms with van der Waals surface area (Å²) in [6.07, 6.45) is 1.58. The molecule has 24 heavy (non-hydrogen) atoms. The maximum atomic E-state index is 13.9. The van der Waals surface area contributed by atoms with E-state index >= 15 is 0 Å². The molecule has 0 aliphatic carbocycles. The van der Waals surface area contributed by atoms with Crippen molar-refractivity contribution in [2.75, 3.05) is 0 Å². The lowest BCUT2D eigenvalue weighted by molar-refractivity contribution is -0.134. The predicted octanol–water partition coefficient (Wildman–Crippen LogP) is 2.74. The average molecular weight is 333 g/mol. The predicted molar refractivity (Wildman–Crippen MR) is 84.6 cm³/mol. The summed E-state index contributed by atoms with van der Waals surface area (Å²) in [4.78, 5) is 14.4. The molecule has 3 atom stereocenters. The van der Waals surface area contributed by atoms with Crippen LogP contribution in [0.15, 0.2) is 12.1 Å². The molecule has 0 saturated carbocycles. The summed E-state index contributed by atoms with van der Waals surface area (Å²) in [7, 11) is 0. The van der Waals surface area contributed by atoms with Gasteiger partial charge in [-0.3, -0.25) is 4.79 Å². The van der Waals surface area contributed by atoms with Crippen LogP contribution in [0.1, 0.15) is 44.2 Å². The molecule has 4 nitrogen and oxygen atoms in total. The minimum Gasteiger partial charge on any atom is -0.327 e. The molecule has 1 aromatic rings. The van der Waals surface area contributed by atoms with E-state index in [0.717, 1.165) is 6.07 Å². The standard InChI is InChI=1S/C18H21F2N3O/c1-10-6-12(19)13(20)7-11(10)18-5-4-15(17(2,3)9-21)23(18)16(24)14(22)8-18/h6-7,14-15H,4-5,8,22H2,1-3H3/t14-,15+,18+/m0/s1. The molecule has 2 fully saturated rings. The average Bonchev–Trinajstić information content (AvgIpc) is 3.00. The Bertz CT molecular complexity index is 755. The molecule has 3 rings (SSSR count). The molecule has 0 radical (unpaired) electrons. The Hall–Kier alpha value is -2.00. The van der Waals surface area contributed by atoms with Gasteiger partial charge in [-0.15, -0.1) is 0 Å². The monoisotopic (exact) mass is 333 g/mol. The number of halogens is 2. The summed E-state index contributed by atoms with van der Waals surface area (Å²) in [5.41, 5.74) is 5.71. The maximum Gasteiger partial charge on any atom is 0.240 e. The Kier molecular flexibility index (Phi) is 3.68. The number of aryl methyl sites for hydroxylation is 1. The molecule has 0 spiro atoms. The van der Waals surface area contributed by atoms with E-state index in [1.165, 1.54) is 6.07 Å². The molecular formula is C18H21F2N3O. The van der Waals surface area contributed by atoms with Crippen molar-refractivity contribution < 1.29 is 13.6 Å². The zero-order chi connectivity index (χ0) is 17.9. The van der Waals surface area contributed by atoms with Gasteiger partial charge in [-0.25, -0.2) is 8.78 Å². The number of fused-ring (bicyclic) bond motifs is 1. The molecule has 2 heterocycles. The first-order chi connectivity index (χ1) is 11.1. The number of nitriles is 1. The van der Waals surface area contributed by atoms with Gasteiger partial charge < -0.3 is 10.6 Å². The van der Waals surface area contributed by atoms with Crippen LogP contribution in [-0.4, -0.2) is 22.9 Å². The Morgan fingerprint density at radius 1 is 1.38 bits per heavy atom. The molecule has 1 aromatic carbocycles. The first kappa shape index (κ1) is 16.8. The number of hydrogen-bond acceptors (Lipinski definition) is 3. The van der Waals surface area contributed by atoms with Crippen molar-refractivity contribution in [3.05, 3.63) is 34.9 Å². The van der Waals surface area contributed by atoms with Crippen LogP contribution in [-0.2, 0) is 10.3 Å². The quantitative estimate of drug-likeness (QED) is 0.905. The second-order valence-electron chi connectivity index (χ2n) is 7.52. The van der Waals surface area contributed by atoms with Gasteiger partial charge in [0.25, 0.3) is 0 Å². The number of rotatable bonds is 2. The van der Waals surface area contributed by atoms with Crippen LogP contribution in [0.25, 0.3) is 0 Å². The Balaban J connectivity index is 2.17. The fourth-order valence-corrected chi connectivity index (χ4v) is 4.40. The van der Waals surface area contributed by atoms with Crippen molar-refractivity contribution in [1.82, 2.24) is 4.90 Å². The summed E-state index contributed by atoms with van der Waals surface area (Å²) >= 11 is 0. The van der Waals surface area contributed by atoms with Gasteiger partial charge in [0.2, 0.25) is 5.91 Å². The lowest BCUT2D eigenvalue weighted by Gasteiger charge is -2.40. The SMILES string of the molecule is Cc1cc(F)c(F)cc1[C@]12CC[C@H](C(C)(C)C#N)N1C(=O)[C@@H](N)C2. The summed E-state index contributed by atoms with van der Waals surface area (Å²) in [5, 5.41) is 9.49. The Morgan fingerprint density at radius 3 is 2.62 bits per heavy atom. The summed E-state index contributed by atoms with van der Waals surface area (Å²) in [6.45, 7) is 5.30. The number of carbonyl (C=O) groups excluding carboxylic acids is 1. The Labute approximate surface area is 140 Å². The highest BCUT2D eigenvalue weighted by molar-refractivity contribution is 5.86. The number of amides is 1. The van der Waals surface area contributed by atoms with E-state index in [1.54, 1.807) is 25.7 Å². The molecule has 0 bridgehead atoms. The second-order valence-corrected chi connectivity index (χ2v) is 7.52. The second kappa shape index (κ2) is 5.25. The van der Waals surface area contributed by atoms with Crippen molar-refractivity contribution in [2.45, 2.75) is 57.7 Å². The van der Waals surface area contributed by atoms with E-state index in [1.807, 2.05) is 0 Å². The first-order valence-electron chi connectivity index (χ1n) is 8.10. The van der Waals surface area contributed by atoms with E-state index in [0.29, 0.717) is 30.4 Å². The van der Waals surface area contributed by atoms with Gasteiger partial charge in [0.1, 0.15) is 0 Å². The lowest BCUT2D eigenvalue weighted by atomic mass is 9.82. The fourth-order valence-electron chi connectivity index (χ4n) is 4.40. The lowest BCUT2D eigenvalue weighted by Crippen LogP contribution is -2.49. The van der Waals surface area contributed by atoms with Gasteiger partial charge >= 0.3 is 0 Å². The highest BCUT2D eigenvalue weighted by Crippen LogP contribution is 2.54. The van der Waals surface area contributed by atoms with Gasteiger partial charge in [-0.1, -0.05) is 0 Å². The van der Waals surface area contributed by atoms with Gasteiger partial charge in [0.05, 0.1) is 29.1 Å². The van der Waals surface area contributed by atoms with E-state index in [4.69, 9.17) is 5.73 Å². The zero-order valence-electron chi connectivity index (χ0n) is 14.1. The number of nitrogens with zero attached hydrogens (tertiary/aromatic N) is 2. The molecule has 0 unspecified atom stereocenters. The third-order valence-electron chi connectivity index (χ3n) is 5.61. The molecule has 128 valence electrons. The molecule has 6 heteroatoms. The van der Waals surface area contributed by atoms with Crippen LogP contribution in [0.5, 0.6) is 0 Å². The van der Waals surface area contributed by atoms with Crippen LogP contribution in [0.3, 0.4) is 0 Å². The van der Waals surface area contributed by atoms with Gasteiger partial charge in [0.15, 0.2) is 11.6 Å².